The molecule has 182 valence electrons. The lowest BCUT2D eigenvalue weighted by molar-refractivity contribution is 0.0992. The van der Waals surface area contributed by atoms with E-state index in [1.165, 1.54) is 24.8 Å². The lowest BCUT2D eigenvalue weighted by Gasteiger charge is -2.33. The van der Waals surface area contributed by atoms with E-state index >= 15 is 0 Å². The van der Waals surface area contributed by atoms with Gasteiger partial charge in [-0.3, -0.25) is 14.7 Å². The molecular weight excluding hydrogens is 440 g/mol. The molecule has 1 atom stereocenters. The summed E-state index contributed by atoms with van der Waals surface area (Å²) in [5.74, 6) is 0.301. The maximum absolute atomic E-state index is 13.2. The van der Waals surface area contributed by atoms with Gasteiger partial charge in [-0.15, -0.1) is 0 Å². The predicted molar refractivity (Wildman–Crippen MR) is 138 cm³/mol. The summed E-state index contributed by atoms with van der Waals surface area (Å²) in [7, 11) is 0. The van der Waals surface area contributed by atoms with Gasteiger partial charge in [-0.2, -0.15) is 0 Å². The van der Waals surface area contributed by atoms with Gasteiger partial charge < -0.3 is 20.6 Å². The first-order chi connectivity index (χ1) is 17.2. The number of amides is 1. The third-order valence-corrected chi connectivity index (χ3v) is 6.77. The molecule has 3 aromatic rings. The molecule has 0 spiro atoms. The Hall–Kier alpha value is -3.49. The molecule has 0 bridgehead atoms. The number of carbonyl (C=O) groups excluding carboxylic acids is 1. The number of β-amino-alcohol motifs (C(OH)–C–C–N with tert-alkyl or cyclic N) is 1. The number of nitrogens with one attached hydrogen (secondary N) is 2. The Morgan fingerprint density at radius 1 is 1.03 bits per heavy atom. The highest BCUT2D eigenvalue weighted by molar-refractivity contribution is 6.07. The summed E-state index contributed by atoms with van der Waals surface area (Å²) in [5, 5.41) is 17.2. The third-order valence-electron chi connectivity index (χ3n) is 6.77. The zero-order valence-corrected chi connectivity index (χ0v) is 19.9. The summed E-state index contributed by atoms with van der Waals surface area (Å²) in [5.41, 5.74) is 4.42. The van der Waals surface area contributed by atoms with Gasteiger partial charge in [0.25, 0.3) is 5.91 Å². The summed E-state index contributed by atoms with van der Waals surface area (Å²) in [4.78, 5) is 26.0. The highest BCUT2D eigenvalue weighted by Gasteiger charge is 2.27. The van der Waals surface area contributed by atoms with Crippen LogP contribution in [0, 0.1) is 0 Å². The Morgan fingerprint density at radius 2 is 1.86 bits per heavy atom. The Morgan fingerprint density at radius 3 is 2.69 bits per heavy atom. The summed E-state index contributed by atoms with van der Waals surface area (Å²) in [6.07, 6.45) is 9.17. The van der Waals surface area contributed by atoms with Gasteiger partial charge in [0.05, 0.1) is 5.56 Å². The number of likely N-dealkylation sites (tertiary alicyclic amines) is 1. The first-order valence-electron chi connectivity index (χ1n) is 12.4. The zero-order chi connectivity index (χ0) is 24.0. The van der Waals surface area contributed by atoms with Crippen LogP contribution in [-0.2, 0) is 13.0 Å². The van der Waals surface area contributed by atoms with Crippen LogP contribution in [0.4, 0.5) is 17.2 Å². The van der Waals surface area contributed by atoms with E-state index in [-0.39, 0.29) is 5.91 Å². The predicted octanol–water partition coefficient (Wildman–Crippen LogP) is 3.51. The van der Waals surface area contributed by atoms with Crippen molar-refractivity contribution in [3.8, 4) is 0 Å². The number of rotatable bonds is 8. The van der Waals surface area contributed by atoms with Crippen LogP contribution in [0.1, 0.15) is 40.7 Å². The molecule has 8 heteroatoms. The fourth-order valence-corrected chi connectivity index (χ4v) is 4.88. The van der Waals surface area contributed by atoms with E-state index in [1.54, 1.807) is 30.7 Å². The van der Waals surface area contributed by atoms with Gasteiger partial charge in [-0.1, -0.05) is 12.5 Å². The standard InChI is InChI=1S/C27H32N6O2/c34-25(19-32-14-2-1-3-15-32)33-16-10-21-6-7-22(17-24(21)33)31-27(35)23-5-4-11-29-26(23)30-18-20-8-12-28-13-9-20/h4-9,11-13,17,25,34H,1-3,10,14-16,18-19H2,(H,29,30)(H,31,35). The lowest BCUT2D eigenvalue weighted by atomic mass is 10.1. The van der Waals surface area contributed by atoms with Crippen LogP contribution in [0.15, 0.2) is 61.1 Å². The molecule has 5 rings (SSSR count). The van der Waals surface area contributed by atoms with Gasteiger partial charge in [0.2, 0.25) is 0 Å². The monoisotopic (exact) mass is 472 g/mol. The topological polar surface area (TPSA) is 93.6 Å². The minimum absolute atomic E-state index is 0.228. The van der Waals surface area contributed by atoms with Gasteiger partial charge >= 0.3 is 0 Å². The number of nitrogens with zero attached hydrogens (tertiary/aromatic N) is 4. The summed E-state index contributed by atoms with van der Waals surface area (Å²) >= 11 is 0. The van der Waals surface area contributed by atoms with E-state index in [1.807, 2.05) is 30.3 Å². The Bertz CT molecular complexity index is 1150. The largest absolute Gasteiger partial charge is 0.372 e. The van der Waals surface area contributed by atoms with Crippen LogP contribution in [-0.4, -0.2) is 58.3 Å². The molecule has 0 aliphatic carbocycles. The molecular formula is C27H32N6O2. The van der Waals surface area contributed by atoms with Crippen molar-refractivity contribution < 1.29 is 9.90 Å². The normalized spacial score (nSPS) is 16.5. The van der Waals surface area contributed by atoms with Crippen molar-refractivity contribution in [2.45, 2.75) is 38.5 Å². The van der Waals surface area contributed by atoms with Crippen molar-refractivity contribution in [1.82, 2.24) is 14.9 Å². The van der Waals surface area contributed by atoms with Crippen LogP contribution < -0.4 is 15.5 Å². The fraction of sp³-hybridized carbons (Fsp3) is 0.370. The number of hydrogen-bond acceptors (Lipinski definition) is 7. The molecule has 0 saturated carbocycles. The maximum Gasteiger partial charge on any atom is 0.259 e. The number of carbonyl (C=O) groups is 1. The number of benzene rings is 1. The molecule has 1 amide bonds. The van der Waals surface area contributed by atoms with Crippen molar-refractivity contribution in [3.63, 3.8) is 0 Å². The lowest BCUT2D eigenvalue weighted by Crippen LogP contribution is -2.45. The molecule has 1 unspecified atom stereocenters. The molecule has 4 heterocycles. The third kappa shape index (κ3) is 5.61. The maximum atomic E-state index is 13.2. The van der Waals surface area contributed by atoms with E-state index in [0.29, 0.717) is 30.2 Å². The Kier molecular flexibility index (Phi) is 7.20. The Labute approximate surface area is 206 Å². The number of piperidine rings is 1. The number of hydrogen-bond donors (Lipinski definition) is 3. The second-order valence-corrected chi connectivity index (χ2v) is 9.19. The summed E-state index contributed by atoms with van der Waals surface area (Å²) < 4.78 is 0. The molecule has 2 aliphatic heterocycles. The minimum Gasteiger partial charge on any atom is -0.372 e. The number of anilines is 3. The summed E-state index contributed by atoms with van der Waals surface area (Å²) in [6.45, 7) is 4.08. The van der Waals surface area contributed by atoms with Crippen LogP contribution in [0.3, 0.4) is 0 Å². The molecule has 0 radical (unpaired) electrons. The Balaban J connectivity index is 1.26. The van der Waals surface area contributed by atoms with Gasteiger partial charge in [0, 0.05) is 49.6 Å². The van der Waals surface area contributed by atoms with Gasteiger partial charge in [-0.25, -0.2) is 4.98 Å². The average molecular weight is 473 g/mol. The second-order valence-electron chi connectivity index (χ2n) is 9.19. The molecule has 1 saturated heterocycles. The minimum atomic E-state index is -0.553. The van der Waals surface area contributed by atoms with Crippen molar-refractivity contribution in [2.24, 2.45) is 0 Å². The van der Waals surface area contributed by atoms with E-state index in [9.17, 15) is 9.90 Å². The van der Waals surface area contributed by atoms with Crippen molar-refractivity contribution >= 4 is 23.1 Å². The molecule has 1 fully saturated rings. The summed E-state index contributed by atoms with van der Waals surface area (Å²) in [6, 6.07) is 13.3. The van der Waals surface area contributed by atoms with E-state index in [4.69, 9.17) is 0 Å². The molecule has 3 N–H and O–H groups in total. The number of aliphatic hydroxyl groups excluding tert-OH is 1. The number of aromatic nitrogens is 2. The SMILES string of the molecule is O=C(Nc1ccc2c(c1)N(C(O)CN1CCCCC1)CC2)c1cccnc1NCc1ccncc1. The van der Waals surface area contributed by atoms with Crippen molar-refractivity contribution in [3.05, 3.63) is 77.7 Å². The highest BCUT2D eigenvalue weighted by Crippen LogP contribution is 2.32. The van der Waals surface area contributed by atoms with E-state index in [0.717, 1.165) is 37.3 Å². The van der Waals surface area contributed by atoms with Crippen LogP contribution >= 0.6 is 0 Å². The quantitative estimate of drug-likeness (QED) is 0.462. The molecule has 35 heavy (non-hydrogen) atoms. The zero-order valence-electron chi connectivity index (χ0n) is 19.9. The number of aliphatic hydroxyl groups is 1. The van der Waals surface area contributed by atoms with Gasteiger partial charge in [-0.05, 0) is 79.9 Å². The molecule has 1 aromatic carbocycles. The highest BCUT2D eigenvalue weighted by atomic mass is 16.3. The van der Waals surface area contributed by atoms with Gasteiger partial charge in [0.15, 0.2) is 0 Å². The molecule has 2 aromatic heterocycles. The van der Waals surface area contributed by atoms with E-state index in [2.05, 4.69) is 30.4 Å². The van der Waals surface area contributed by atoms with Gasteiger partial charge in [0.1, 0.15) is 12.0 Å². The smallest absolute Gasteiger partial charge is 0.259 e. The number of pyridine rings is 2. The van der Waals surface area contributed by atoms with E-state index < -0.39 is 6.23 Å². The molecule has 8 nitrogen and oxygen atoms in total. The second kappa shape index (κ2) is 10.8. The van der Waals surface area contributed by atoms with Crippen LogP contribution in [0.2, 0.25) is 0 Å². The first-order valence-corrected chi connectivity index (χ1v) is 12.4. The fourth-order valence-electron chi connectivity index (χ4n) is 4.88. The first kappa shape index (κ1) is 23.3. The van der Waals surface area contributed by atoms with Crippen molar-refractivity contribution in [1.29, 1.82) is 0 Å². The number of fused-ring (bicyclic) bond motifs is 1. The van der Waals surface area contributed by atoms with Crippen LogP contribution in [0.5, 0.6) is 0 Å². The van der Waals surface area contributed by atoms with Crippen molar-refractivity contribution in [2.75, 3.05) is 41.7 Å². The molecule has 2 aliphatic rings. The average Bonchev–Trinajstić information content (AvgIpc) is 3.32. The van der Waals surface area contributed by atoms with Crippen LogP contribution in [0.25, 0.3) is 0 Å².